The molecule has 0 aromatic rings. The molecule has 9 aliphatic rings. The number of hydrogen-bond acceptors (Lipinski definition) is 0. The third kappa shape index (κ3) is 4.99. The monoisotopic (exact) mass is 570 g/mol. The van der Waals surface area contributed by atoms with Crippen LogP contribution in [-0.4, -0.2) is 32.4 Å². The minimum Gasteiger partial charge on any atom is -0.0953 e. The molecule has 9 rings (SSSR count). The Morgan fingerprint density at radius 2 is 0.846 bits per heavy atom. The third-order valence-electron chi connectivity index (χ3n) is 14.2. The Bertz CT molecular complexity index is 790. The predicted molar refractivity (Wildman–Crippen MR) is 175 cm³/mol. The third-order valence-corrected chi connectivity index (χ3v) is 22.7. The van der Waals surface area contributed by atoms with Crippen LogP contribution in [-0.2, 0) is 0 Å². The molecule has 222 valence electrons. The maximum absolute atomic E-state index is 2.69. The van der Waals surface area contributed by atoms with Crippen LogP contribution in [0.2, 0.25) is 0 Å². The largest absolute Gasteiger partial charge is 0.0953 e. The fraction of sp³-hybridized carbons (Fsp3) is 1.00. The Labute approximate surface area is 246 Å². The van der Waals surface area contributed by atoms with Crippen LogP contribution in [0.15, 0.2) is 0 Å². The first-order valence-electron chi connectivity index (χ1n) is 17.8. The van der Waals surface area contributed by atoms with Crippen LogP contribution in [0.1, 0.15) is 145 Å². The quantitative estimate of drug-likeness (QED) is 0.288. The second-order valence-corrected chi connectivity index (χ2v) is 26.6. The summed E-state index contributed by atoms with van der Waals surface area (Å²) in [5.41, 5.74) is 1.09. The maximum atomic E-state index is 2.69. The van der Waals surface area contributed by atoms with Crippen molar-refractivity contribution in [1.29, 1.82) is 0 Å². The van der Waals surface area contributed by atoms with E-state index in [1.807, 2.05) is 0 Å². The highest BCUT2D eigenvalue weighted by Gasteiger charge is 2.65. The van der Waals surface area contributed by atoms with E-state index in [4.69, 9.17) is 0 Å². The molecular weight excluding hydrogens is 506 g/mol. The van der Waals surface area contributed by atoms with Crippen molar-refractivity contribution in [2.45, 2.75) is 172 Å². The van der Waals surface area contributed by atoms with E-state index in [0.29, 0.717) is 10.3 Å². The predicted octanol–water partition coefficient (Wildman–Crippen LogP) is 11.5. The van der Waals surface area contributed by atoms with E-state index in [1.54, 1.807) is 96.1 Å². The molecule has 9 fully saturated rings. The first kappa shape index (κ1) is 28.6. The van der Waals surface area contributed by atoms with Crippen molar-refractivity contribution in [2.75, 3.05) is 6.16 Å². The minimum atomic E-state index is -0.00629. The summed E-state index contributed by atoms with van der Waals surface area (Å²) in [5, 5.41) is 2.53. The molecule has 0 nitrogen and oxygen atoms in total. The fourth-order valence-electron chi connectivity index (χ4n) is 13.9. The summed E-state index contributed by atoms with van der Waals surface area (Å²) >= 11 is 0. The molecule has 4 atom stereocenters. The van der Waals surface area contributed by atoms with Crippen LogP contribution in [0.5, 0.6) is 0 Å². The van der Waals surface area contributed by atoms with Crippen molar-refractivity contribution in [3.8, 4) is 0 Å². The Kier molecular flexibility index (Phi) is 7.10. The van der Waals surface area contributed by atoms with Gasteiger partial charge in [-0.25, -0.2) is 0 Å². The zero-order chi connectivity index (χ0) is 27.5. The lowest BCUT2D eigenvalue weighted by Crippen LogP contribution is -2.59. The van der Waals surface area contributed by atoms with Crippen LogP contribution in [0.3, 0.4) is 0 Å². The summed E-state index contributed by atoms with van der Waals surface area (Å²) in [4.78, 5) is 0. The second kappa shape index (κ2) is 9.68. The molecule has 8 bridgehead atoms. The molecule has 0 aromatic carbocycles. The molecule has 9 saturated carbocycles. The van der Waals surface area contributed by atoms with E-state index in [2.05, 4.69) is 55.4 Å². The topological polar surface area (TPSA) is 0 Å². The van der Waals surface area contributed by atoms with E-state index in [1.165, 1.54) is 0 Å². The van der Waals surface area contributed by atoms with Crippen molar-refractivity contribution in [2.24, 2.45) is 53.3 Å². The van der Waals surface area contributed by atoms with Crippen LogP contribution >= 0.6 is 15.8 Å². The second-order valence-electron chi connectivity index (χ2n) is 19.4. The zero-order valence-corrected chi connectivity index (χ0v) is 29.1. The lowest BCUT2D eigenvalue weighted by atomic mass is 9.55. The van der Waals surface area contributed by atoms with Crippen LogP contribution < -0.4 is 0 Å². The fourth-order valence-corrected chi connectivity index (χ4v) is 24.4. The maximum Gasteiger partial charge on any atom is -0.00789 e. The first-order chi connectivity index (χ1) is 18.2. The van der Waals surface area contributed by atoms with E-state index in [9.17, 15) is 0 Å². The summed E-state index contributed by atoms with van der Waals surface area (Å²) in [6.45, 7) is 21.0. The van der Waals surface area contributed by atoms with Crippen molar-refractivity contribution in [3.63, 3.8) is 0 Å². The highest BCUT2D eigenvalue weighted by Crippen LogP contribution is 2.82. The van der Waals surface area contributed by atoms with E-state index in [-0.39, 0.29) is 15.8 Å². The van der Waals surface area contributed by atoms with Gasteiger partial charge < -0.3 is 0 Å². The van der Waals surface area contributed by atoms with Gasteiger partial charge in [0.15, 0.2) is 0 Å². The van der Waals surface area contributed by atoms with Gasteiger partial charge in [0.2, 0.25) is 0 Å². The van der Waals surface area contributed by atoms with E-state index < -0.39 is 0 Å². The van der Waals surface area contributed by atoms with Gasteiger partial charge >= 0.3 is 0 Å². The molecule has 0 spiro atoms. The first-order valence-corrected chi connectivity index (χ1v) is 20.7. The van der Waals surface area contributed by atoms with Gasteiger partial charge in [0, 0.05) is 0 Å². The summed E-state index contributed by atoms with van der Waals surface area (Å²) in [5.74, 6) is 9.63. The summed E-state index contributed by atoms with van der Waals surface area (Å²) in [6.07, 6.45) is 24.7. The van der Waals surface area contributed by atoms with Gasteiger partial charge in [-0.05, 0) is 176 Å². The van der Waals surface area contributed by atoms with Crippen molar-refractivity contribution in [3.05, 3.63) is 0 Å². The molecule has 0 heterocycles. The molecule has 0 aromatic heterocycles. The van der Waals surface area contributed by atoms with Gasteiger partial charge in [-0.1, -0.05) is 71.2 Å². The molecule has 9 aliphatic carbocycles. The Balaban J connectivity index is 1.32. The Morgan fingerprint density at radius 3 is 1.18 bits per heavy atom. The van der Waals surface area contributed by atoms with Gasteiger partial charge in [0.05, 0.1) is 0 Å². The van der Waals surface area contributed by atoms with Gasteiger partial charge in [-0.2, -0.15) is 0 Å². The van der Waals surface area contributed by atoms with Crippen LogP contribution in [0, 0.1) is 53.3 Å². The van der Waals surface area contributed by atoms with Crippen LogP contribution in [0.4, 0.5) is 0 Å². The normalized spacial score (nSPS) is 51.6. The Morgan fingerprint density at radius 1 is 0.513 bits per heavy atom. The molecule has 2 heteroatoms. The highest BCUT2D eigenvalue weighted by molar-refractivity contribution is 7.62. The van der Waals surface area contributed by atoms with Gasteiger partial charge in [-0.15, -0.1) is 0 Å². The molecule has 0 saturated heterocycles. The molecular formula is C37H64P2. The Hall–Kier alpha value is 0.860. The van der Waals surface area contributed by atoms with Crippen molar-refractivity contribution >= 4 is 15.8 Å². The minimum absolute atomic E-state index is 0.00629. The molecule has 0 N–H and O–H groups in total. The molecule has 2 unspecified atom stereocenters. The molecule has 39 heavy (non-hydrogen) atoms. The smallest absolute Gasteiger partial charge is 0.00789 e. The molecule has 0 aliphatic heterocycles. The number of rotatable bonds is 5. The van der Waals surface area contributed by atoms with Crippen molar-refractivity contribution < 1.29 is 0 Å². The van der Waals surface area contributed by atoms with E-state index in [0.717, 1.165) is 69.2 Å². The van der Waals surface area contributed by atoms with E-state index >= 15 is 0 Å². The SMILES string of the molecule is CC1C[C@H](CP(C(C)(C)C)C(C)(C)C)[C@H](P(C23CC4CC(CC(C4)C2)C3)C23CC4CC(CC(C4)C2)C3)CC1C. The summed E-state index contributed by atoms with van der Waals surface area (Å²) in [6, 6.07) is 0. The summed E-state index contributed by atoms with van der Waals surface area (Å²) in [7, 11) is 0.0898. The summed E-state index contributed by atoms with van der Waals surface area (Å²) < 4.78 is 0. The molecule has 0 radical (unpaired) electrons. The average Bonchev–Trinajstić information content (AvgIpc) is 2.76. The van der Waals surface area contributed by atoms with Gasteiger partial charge in [-0.3, -0.25) is 0 Å². The average molecular weight is 571 g/mol. The van der Waals surface area contributed by atoms with Crippen LogP contribution in [0.25, 0.3) is 0 Å². The lowest BCUT2D eigenvalue weighted by Gasteiger charge is -2.70. The van der Waals surface area contributed by atoms with Gasteiger partial charge in [0.25, 0.3) is 0 Å². The standard InChI is InChI=1S/C37H64P2/c1-24-9-32(23-38(34(3,4)5)35(6,7)8)33(10-25(24)2)39(36-17-26-11-27(18-36)13-28(12-26)19-36)37-20-29-14-30(21-37)16-31(15-29)22-37/h24-33H,9-23H2,1-8H3/t24?,25?,26?,27?,28?,29?,30?,31?,32-,33-,36?,37?,39?/m1/s1. The highest BCUT2D eigenvalue weighted by atomic mass is 31.1. The van der Waals surface area contributed by atoms with Crippen molar-refractivity contribution in [1.82, 2.24) is 0 Å². The van der Waals surface area contributed by atoms with Gasteiger partial charge in [0.1, 0.15) is 0 Å². The molecule has 0 amide bonds. The zero-order valence-electron chi connectivity index (χ0n) is 27.3. The number of hydrogen-bond donors (Lipinski definition) is 0. The lowest BCUT2D eigenvalue weighted by molar-refractivity contribution is 0.0165.